The molecular formula is C37H43FN4O7. The van der Waals surface area contributed by atoms with Gasteiger partial charge in [0.25, 0.3) is 0 Å². The molecule has 260 valence electrons. The largest absolute Gasteiger partial charge is 0.488 e. The second-order valence-electron chi connectivity index (χ2n) is 14.8. The number of alkyl carbamates (subject to hydrolysis) is 1. The fourth-order valence-electron chi connectivity index (χ4n) is 6.14. The molecule has 0 unspecified atom stereocenters. The quantitative estimate of drug-likeness (QED) is 0.253. The predicted octanol–water partition coefficient (Wildman–Crippen LogP) is 5.47. The van der Waals surface area contributed by atoms with Crippen molar-refractivity contribution in [3.63, 3.8) is 0 Å². The fraction of sp³-hybridized carbons (Fsp3) is 0.432. The van der Waals surface area contributed by atoms with Crippen LogP contribution in [0.5, 0.6) is 5.75 Å². The number of nitrogens with zero attached hydrogens (tertiary/aromatic N) is 2. The average Bonchev–Trinajstić information content (AvgIpc) is 3.58. The number of pyridine rings is 1. The van der Waals surface area contributed by atoms with E-state index >= 15 is 0 Å². The van der Waals surface area contributed by atoms with Crippen LogP contribution in [-0.4, -0.2) is 74.7 Å². The molecule has 12 heteroatoms. The Labute approximate surface area is 284 Å². The number of likely N-dealkylation sites (tertiary alicyclic amines) is 1. The van der Waals surface area contributed by atoms with Crippen molar-refractivity contribution in [2.24, 2.45) is 11.3 Å². The fourth-order valence-corrected chi connectivity index (χ4v) is 6.14. The number of amides is 3. The Bertz CT molecular complexity index is 1780. The maximum Gasteiger partial charge on any atom is 0.408 e. The first-order chi connectivity index (χ1) is 22.9. The van der Waals surface area contributed by atoms with E-state index in [0.29, 0.717) is 22.3 Å². The number of ether oxygens (including phenoxy) is 2. The molecule has 2 aliphatic rings. The summed E-state index contributed by atoms with van der Waals surface area (Å²) in [5, 5.41) is 15.9. The molecule has 5 atom stereocenters. The zero-order valence-corrected chi connectivity index (χ0v) is 28.6. The molecule has 1 aliphatic heterocycles. The van der Waals surface area contributed by atoms with Crippen molar-refractivity contribution in [3.8, 4) is 17.0 Å². The Morgan fingerprint density at radius 3 is 2.37 bits per heavy atom. The number of hydrogen-bond donors (Lipinski definition) is 3. The van der Waals surface area contributed by atoms with Gasteiger partial charge in [-0.15, -0.1) is 6.58 Å². The number of carbonyl (C=O) groups excluding carboxylic acids is 3. The Kier molecular flexibility index (Phi) is 9.46. The summed E-state index contributed by atoms with van der Waals surface area (Å²) < 4.78 is 26.3. The molecule has 3 aromatic rings. The molecule has 3 N–H and O–H groups in total. The summed E-state index contributed by atoms with van der Waals surface area (Å²) in [6, 6.07) is 13.0. The monoisotopic (exact) mass is 674 g/mol. The van der Waals surface area contributed by atoms with Crippen molar-refractivity contribution in [3.05, 3.63) is 73.1 Å². The Morgan fingerprint density at radius 1 is 1.08 bits per heavy atom. The van der Waals surface area contributed by atoms with E-state index in [1.807, 2.05) is 30.3 Å². The molecule has 1 aliphatic carbocycles. The first-order valence-electron chi connectivity index (χ1n) is 16.2. The van der Waals surface area contributed by atoms with Crippen molar-refractivity contribution in [2.75, 3.05) is 6.54 Å². The molecule has 5 rings (SSSR count). The van der Waals surface area contributed by atoms with Gasteiger partial charge >= 0.3 is 12.1 Å². The van der Waals surface area contributed by atoms with Crippen LogP contribution in [0.2, 0.25) is 0 Å². The van der Waals surface area contributed by atoms with Gasteiger partial charge in [-0.1, -0.05) is 57.2 Å². The van der Waals surface area contributed by atoms with Gasteiger partial charge in [0.05, 0.1) is 17.8 Å². The number of halogens is 1. The van der Waals surface area contributed by atoms with Crippen molar-refractivity contribution >= 4 is 34.8 Å². The highest BCUT2D eigenvalue weighted by molar-refractivity contribution is 5.96. The lowest BCUT2D eigenvalue weighted by Crippen LogP contribution is -2.59. The van der Waals surface area contributed by atoms with Gasteiger partial charge in [0.1, 0.15) is 40.9 Å². The third-order valence-corrected chi connectivity index (χ3v) is 8.75. The molecular weight excluding hydrogens is 631 g/mol. The van der Waals surface area contributed by atoms with Crippen LogP contribution in [0.1, 0.15) is 54.4 Å². The number of benzene rings is 2. The maximum absolute atomic E-state index is 14.4. The summed E-state index contributed by atoms with van der Waals surface area (Å²) in [6.45, 7) is 14.1. The van der Waals surface area contributed by atoms with Crippen LogP contribution in [0.4, 0.5) is 9.18 Å². The first kappa shape index (κ1) is 35.3. The van der Waals surface area contributed by atoms with Crippen molar-refractivity contribution in [2.45, 2.75) is 83.7 Å². The van der Waals surface area contributed by atoms with Gasteiger partial charge in [-0.2, -0.15) is 0 Å². The minimum atomic E-state index is -1.53. The molecule has 1 saturated heterocycles. The number of carbonyl (C=O) groups is 4. The van der Waals surface area contributed by atoms with Crippen LogP contribution in [0, 0.1) is 17.2 Å². The van der Waals surface area contributed by atoms with E-state index < -0.39 is 70.4 Å². The Morgan fingerprint density at radius 2 is 1.78 bits per heavy atom. The third-order valence-electron chi connectivity index (χ3n) is 8.75. The van der Waals surface area contributed by atoms with Crippen molar-refractivity contribution < 1.29 is 38.1 Å². The number of aliphatic carboxylic acids is 1. The summed E-state index contributed by atoms with van der Waals surface area (Å²) in [4.78, 5) is 59.4. The van der Waals surface area contributed by atoms with Crippen LogP contribution in [0.3, 0.4) is 0 Å². The number of nitrogens with one attached hydrogen (secondary N) is 2. The number of fused-ring (bicyclic) bond motifs is 1. The highest BCUT2D eigenvalue weighted by atomic mass is 19.1. The summed E-state index contributed by atoms with van der Waals surface area (Å²) in [7, 11) is 0. The number of carboxylic acid groups (broad SMARTS) is 1. The van der Waals surface area contributed by atoms with Crippen molar-refractivity contribution in [1.29, 1.82) is 0 Å². The maximum atomic E-state index is 14.4. The molecule has 0 radical (unpaired) electrons. The number of rotatable bonds is 9. The van der Waals surface area contributed by atoms with Gasteiger partial charge in [-0.05, 0) is 44.7 Å². The second-order valence-corrected chi connectivity index (χ2v) is 14.8. The summed E-state index contributed by atoms with van der Waals surface area (Å²) in [5.74, 6) is -2.99. The SMILES string of the molecule is C=C[C@@H]1C[C@]1(NC(=O)[C@@H]1C[C@@H](Oc2cc(-c3ccccc3)nc3cc(F)ccc23)CN1C(=O)[C@@H](NC(=O)OC(C)(C)C)C(C)(C)C)C(=O)O. The Hall–Kier alpha value is -5.00. The van der Waals surface area contributed by atoms with E-state index in [1.165, 1.54) is 23.1 Å². The van der Waals surface area contributed by atoms with E-state index in [4.69, 9.17) is 9.47 Å². The van der Waals surface area contributed by atoms with Gasteiger partial charge in [0.15, 0.2) is 0 Å². The van der Waals surface area contributed by atoms with E-state index in [2.05, 4.69) is 22.2 Å². The number of aromatic nitrogens is 1. The zero-order valence-electron chi connectivity index (χ0n) is 28.6. The average molecular weight is 675 g/mol. The van der Waals surface area contributed by atoms with E-state index in [1.54, 1.807) is 53.7 Å². The summed E-state index contributed by atoms with van der Waals surface area (Å²) >= 11 is 0. The van der Waals surface area contributed by atoms with Gasteiger partial charge in [0, 0.05) is 35.4 Å². The smallest absolute Gasteiger partial charge is 0.408 e. The van der Waals surface area contributed by atoms with E-state index in [-0.39, 0.29) is 19.4 Å². The number of carboxylic acids is 1. The summed E-state index contributed by atoms with van der Waals surface area (Å²) in [6.07, 6.45) is 0.136. The highest BCUT2D eigenvalue weighted by Gasteiger charge is 2.61. The molecule has 49 heavy (non-hydrogen) atoms. The molecule has 1 aromatic heterocycles. The third kappa shape index (κ3) is 7.68. The lowest BCUT2D eigenvalue weighted by atomic mass is 9.85. The predicted molar refractivity (Wildman–Crippen MR) is 181 cm³/mol. The lowest BCUT2D eigenvalue weighted by molar-refractivity contribution is -0.146. The normalized spacial score (nSPS) is 22.6. The first-order valence-corrected chi connectivity index (χ1v) is 16.2. The summed E-state index contributed by atoms with van der Waals surface area (Å²) in [5.41, 5.74) is -1.48. The molecule has 0 bridgehead atoms. The molecule has 11 nitrogen and oxygen atoms in total. The lowest BCUT2D eigenvalue weighted by Gasteiger charge is -2.35. The van der Waals surface area contributed by atoms with Crippen LogP contribution in [-0.2, 0) is 19.1 Å². The van der Waals surface area contributed by atoms with E-state index in [9.17, 15) is 28.7 Å². The van der Waals surface area contributed by atoms with E-state index in [0.717, 1.165) is 5.56 Å². The van der Waals surface area contributed by atoms with Crippen LogP contribution in [0.15, 0.2) is 67.3 Å². The minimum absolute atomic E-state index is 0.0149. The number of hydrogen-bond acceptors (Lipinski definition) is 7. The molecule has 0 spiro atoms. The molecule has 1 saturated carbocycles. The standard InChI is InChI=1S/C37H43FN4O7/c1-8-22-19-37(22,33(45)46)41-31(43)28-17-24(20-42(28)32(44)30(35(2,3)4)40-34(47)49-36(5,6)7)48-29-18-26(21-12-10-9-11-13-21)39-27-16-23(38)14-15-25(27)29/h8-16,18,22,24,28,30H,1,17,19-20H2,2-7H3,(H,40,47)(H,41,43)(H,45,46)/t22-,24-,28+,30-,37-/m1/s1. The molecule has 2 fully saturated rings. The van der Waals surface area contributed by atoms with Gasteiger partial charge in [-0.25, -0.2) is 19.0 Å². The van der Waals surface area contributed by atoms with Crippen molar-refractivity contribution in [1.82, 2.24) is 20.5 Å². The van der Waals surface area contributed by atoms with Crippen LogP contribution < -0.4 is 15.4 Å². The van der Waals surface area contributed by atoms with Gasteiger partial charge in [0.2, 0.25) is 11.8 Å². The van der Waals surface area contributed by atoms with Crippen LogP contribution in [0.25, 0.3) is 22.2 Å². The van der Waals surface area contributed by atoms with Gasteiger partial charge < -0.3 is 30.1 Å². The topological polar surface area (TPSA) is 147 Å². The Balaban J connectivity index is 1.50. The molecule has 2 aromatic carbocycles. The second kappa shape index (κ2) is 13.1. The minimum Gasteiger partial charge on any atom is -0.488 e. The van der Waals surface area contributed by atoms with Crippen LogP contribution >= 0.6 is 0 Å². The highest BCUT2D eigenvalue weighted by Crippen LogP contribution is 2.45. The molecule has 3 amide bonds. The zero-order chi connectivity index (χ0) is 35.9. The van der Waals surface area contributed by atoms with Gasteiger partial charge in [-0.3, -0.25) is 9.59 Å². The molecule has 2 heterocycles.